The average molecular weight is 583 g/mol. The number of alkyl halides is 3. The van der Waals surface area contributed by atoms with Gasteiger partial charge >= 0.3 is 6.18 Å². The van der Waals surface area contributed by atoms with Gasteiger partial charge in [0.1, 0.15) is 12.1 Å². The summed E-state index contributed by atoms with van der Waals surface area (Å²) in [6, 6.07) is 12.4. The third kappa shape index (κ3) is 7.78. The van der Waals surface area contributed by atoms with Gasteiger partial charge in [-0.15, -0.1) is 0 Å². The Kier molecular flexibility index (Phi) is 9.71. The number of aryl methyl sites for hydroxylation is 3. The van der Waals surface area contributed by atoms with Gasteiger partial charge in [0, 0.05) is 48.6 Å². The lowest BCUT2D eigenvalue weighted by Crippen LogP contribution is -2.29. The summed E-state index contributed by atoms with van der Waals surface area (Å²) < 4.78 is 42.5. The van der Waals surface area contributed by atoms with Crippen molar-refractivity contribution in [2.24, 2.45) is 0 Å². The Morgan fingerprint density at radius 1 is 1.05 bits per heavy atom. The molecule has 2 aromatic heterocycles. The molecule has 0 radical (unpaired) electrons. The van der Waals surface area contributed by atoms with Crippen molar-refractivity contribution >= 4 is 17.3 Å². The topological polar surface area (TPSA) is 125 Å². The number of halogens is 3. The van der Waals surface area contributed by atoms with E-state index in [2.05, 4.69) is 25.7 Å². The zero-order valence-corrected chi connectivity index (χ0v) is 23.5. The van der Waals surface area contributed by atoms with E-state index in [0.29, 0.717) is 22.9 Å². The number of carbonyl (C=O) groups excluding carboxylic acids is 1. The van der Waals surface area contributed by atoms with Gasteiger partial charge in [-0.25, -0.2) is 9.97 Å². The van der Waals surface area contributed by atoms with E-state index in [1.807, 2.05) is 39.0 Å². The first-order valence-electron chi connectivity index (χ1n) is 13.4. The van der Waals surface area contributed by atoms with Crippen LogP contribution in [0.3, 0.4) is 0 Å². The number of rotatable bonds is 12. The fourth-order valence-electron chi connectivity index (χ4n) is 4.36. The van der Waals surface area contributed by atoms with Crippen molar-refractivity contribution in [2.45, 2.75) is 52.4 Å². The van der Waals surface area contributed by atoms with Gasteiger partial charge in [-0.3, -0.25) is 4.79 Å². The molecule has 0 unspecified atom stereocenters. The summed E-state index contributed by atoms with van der Waals surface area (Å²) in [6.45, 7) is 5.26. The summed E-state index contributed by atoms with van der Waals surface area (Å²) in [5, 5.41) is 29.1. The third-order valence-electron chi connectivity index (χ3n) is 6.61. The Balaban J connectivity index is 1.57. The molecule has 9 nitrogen and oxygen atoms in total. The minimum absolute atomic E-state index is 0.00934. The molecule has 2 aromatic carbocycles. The fraction of sp³-hybridized carbons (Fsp3) is 0.333. The lowest BCUT2D eigenvalue weighted by molar-refractivity contribution is -0.137. The van der Waals surface area contributed by atoms with Gasteiger partial charge in [0.15, 0.2) is 11.6 Å². The summed E-state index contributed by atoms with van der Waals surface area (Å²) in [7, 11) is 0. The molecule has 0 saturated carbocycles. The molecule has 4 aromatic rings. The minimum Gasteiger partial charge on any atom is -0.394 e. The number of nitrogens with zero attached hydrogens (tertiary/aromatic N) is 4. The quantitative estimate of drug-likeness (QED) is 0.180. The molecule has 222 valence electrons. The van der Waals surface area contributed by atoms with E-state index in [1.54, 1.807) is 16.8 Å². The normalized spacial score (nSPS) is 12.4. The number of hydrogen-bond acceptors (Lipinski definition) is 8. The van der Waals surface area contributed by atoms with Crippen LogP contribution in [0.25, 0.3) is 5.82 Å². The van der Waals surface area contributed by atoms with Gasteiger partial charge in [-0.05, 0) is 61.2 Å². The molecular weight excluding hydrogens is 549 g/mol. The van der Waals surface area contributed by atoms with Crippen LogP contribution >= 0.6 is 0 Å². The van der Waals surface area contributed by atoms with Gasteiger partial charge in [0.25, 0.3) is 0 Å². The van der Waals surface area contributed by atoms with Crippen LogP contribution < -0.4 is 10.6 Å². The van der Waals surface area contributed by atoms with Gasteiger partial charge < -0.3 is 20.8 Å². The van der Waals surface area contributed by atoms with Crippen LogP contribution in [0.4, 0.5) is 24.7 Å². The number of Topliss-reactive ketones (excluding diaryl/α,β-unsaturated/α-hetero) is 1. The smallest absolute Gasteiger partial charge is 0.394 e. The second-order valence-electron chi connectivity index (χ2n) is 10.1. The molecule has 0 spiro atoms. The molecule has 0 bridgehead atoms. The standard InChI is InChI=1S/C30H33F3N6O3/c1-4-24-13-28(36-17-35-24)39-29(7-19(3)38-39)37-26-10-20(6-5-18(26)2)11-27(42)22-8-21(14-34-15-25(41)16-40)9-23(12-22)30(31,32)33/h5-10,12-13,17,25,34,37,40-41H,4,11,14-16H2,1-3H3/t25-/m1/s1. The van der Waals surface area contributed by atoms with Crippen LogP contribution in [-0.2, 0) is 25.6 Å². The lowest BCUT2D eigenvalue weighted by Gasteiger charge is -2.15. The Morgan fingerprint density at radius 2 is 1.83 bits per heavy atom. The van der Waals surface area contributed by atoms with Crippen molar-refractivity contribution < 1.29 is 28.2 Å². The molecule has 0 aliphatic carbocycles. The summed E-state index contributed by atoms with van der Waals surface area (Å²) in [4.78, 5) is 21.8. The van der Waals surface area contributed by atoms with Crippen molar-refractivity contribution in [3.8, 4) is 5.82 Å². The number of ketones is 1. The van der Waals surface area contributed by atoms with Gasteiger partial charge in [0.05, 0.1) is 24.0 Å². The molecule has 4 rings (SSSR count). The summed E-state index contributed by atoms with van der Waals surface area (Å²) in [5.74, 6) is 0.782. The van der Waals surface area contributed by atoms with Crippen molar-refractivity contribution in [3.05, 3.63) is 94.1 Å². The SMILES string of the molecule is CCc1cc(-n2nc(C)cc2Nc2cc(CC(=O)c3cc(CNC[C@@H](O)CO)cc(C(F)(F)F)c3)ccc2C)ncn1. The molecule has 4 N–H and O–H groups in total. The minimum atomic E-state index is -4.64. The van der Waals surface area contributed by atoms with Crippen LogP contribution in [0.15, 0.2) is 54.9 Å². The fourth-order valence-corrected chi connectivity index (χ4v) is 4.36. The van der Waals surface area contributed by atoms with Crippen LogP contribution in [0, 0.1) is 13.8 Å². The number of carbonyl (C=O) groups is 1. The Morgan fingerprint density at radius 3 is 2.55 bits per heavy atom. The summed E-state index contributed by atoms with van der Waals surface area (Å²) in [5.41, 5.74) is 3.10. The first kappa shape index (κ1) is 30.8. The van der Waals surface area contributed by atoms with Crippen molar-refractivity contribution in [1.29, 1.82) is 0 Å². The lowest BCUT2D eigenvalue weighted by atomic mass is 9.97. The maximum atomic E-state index is 13.6. The van der Waals surface area contributed by atoms with Crippen molar-refractivity contribution in [3.63, 3.8) is 0 Å². The number of benzene rings is 2. The second kappa shape index (κ2) is 13.2. The number of hydrogen-bond donors (Lipinski definition) is 4. The Hall–Kier alpha value is -4.13. The highest BCUT2D eigenvalue weighted by molar-refractivity contribution is 5.98. The van der Waals surface area contributed by atoms with E-state index in [4.69, 9.17) is 5.11 Å². The highest BCUT2D eigenvalue weighted by atomic mass is 19.4. The second-order valence-corrected chi connectivity index (χ2v) is 10.1. The molecule has 12 heteroatoms. The van der Waals surface area contributed by atoms with Crippen LogP contribution in [-0.4, -0.2) is 55.0 Å². The molecule has 0 amide bonds. The highest BCUT2D eigenvalue weighted by Gasteiger charge is 2.31. The van der Waals surface area contributed by atoms with Crippen LogP contribution in [0.2, 0.25) is 0 Å². The Labute approximate surface area is 241 Å². The highest BCUT2D eigenvalue weighted by Crippen LogP contribution is 2.31. The predicted molar refractivity (Wildman–Crippen MR) is 152 cm³/mol. The van der Waals surface area contributed by atoms with Crippen molar-refractivity contribution in [1.82, 2.24) is 25.1 Å². The van der Waals surface area contributed by atoms with E-state index in [9.17, 15) is 23.1 Å². The number of aliphatic hydroxyl groups excluding tert-OH is 2. The maximum Gasteiger partial charge on any atom is 0.416 e. The molecule has 0 saturated heterocycles. The molecule has 1 atom stereocenters. The van der Waals surface area contributed by atoms with E-state index in [0.717, 1.165) is 35.5 Å². The average Bonchev–Trinajstić information content (AvgIpc) is 3.33. The van der Waals surface area contributed by atoms with Crippen LogP contribution in [0.5, 0.6) is 0 Å². The number of aromatic nitrogens is 4. The van der Waals surface area contributed by atoms with Crippen LogP contribution in [0.1, 0.15) is 50.9 Å². The first-order valence-corrected chi connectivity index (χ1v) is 13.4. The number of aliphatic hydroxyl groups is 2. The zero-order valence-electron chi connectivity index (χ0n) is 23.5. The van der Waals surface area contributed by atoms with Crippen molar-refractivity contribution in [2.75, 3.05) is 18.5 Å². The number of nitrogens with one attached hydrogen (secondary N) is 2. The van der Waals surface area contributed by atoms with E-state index < -0.39 is 30.2 Å². The van der Waals surface area contributed by atoms with E-state index in [1.165, 1.54) is 12.4 Å². The Bertz CT molecular complexity index is 1550. The summed E-state index contributed by atoms with van der Waals surface area (Å²) >= 11 is 0. The molecule has 0 aliphatic rings. The van der Waals surface area contributed by atoms with E-state index in [-0.39, 0.29) is 30.6 Å². The van der Waals surface area contributed by atoms with Gasteiger partial charge in [-0.2, -0.15) is 23.0 Å². The molecule has 2 heterocycles. The third-order valence-corrected chi connectivity index (χ3v) is 6.61. The zero-order chi connectivity index (χ0) is 30.4. The molecule has 0 aliphatic heterocycles. The molecule has 42 heavy (non-hydrogen) atoms. The largest absolute Gasteiger partial charge is 0.416 e. The summed E-state index contributed by atoms with van der Waals surface area (Å²) in [6.07, 6.45) is -3.57. The monoisotopic (exact) mass is 582 g/mol. The number of anilines is 2. The molecule has 0 fully saturated rings. The molecular formula is C30H33F3N6O3. The first-order chi connectivity index (χ1) is 20.0. The van der Waals surface area contributed by atoms with E-state index >= 15 is 0 Å². The van der Waals surface area contributed by atoms with Gasteiger partial charge in [-0.1, -0.05) is 19.1 Å². The predicted octanol–water partition coefficient (Wildman–Crippen LogP) is 4.47. The maximum absolute atomic E-state index is 13.6. The van der Waals surface area contributed by atoms with Gasteiger partial charge in [0.2, 0.25) is 0 Å².